The third kappa shape index (κ3) is 3.74. The monoisotopic (exact) mass is 366 g/mol. The molecule has 1 saturated heterocycles. The van der Waals surface area contributed by atoms with Gasteiger partial charge in [0.05, 0.1) is 5.92 Å². The Balaban J connectivity index is 1.39. The van der Waals surface area contributed by atoms with Gasteiger partial charge in [0.25, 0.3) is 0 Å². The lowest BCUT2D eigenvalue weighted by atomic mass is 10.1. The van der Waals surface area contributed by atoms with E-state index in [2.05, 4.69) is 5.32 Å². The quantitative estimate of drug-likeness (QED) is 0.902. The Labute approximate surface area is 158 Å². The van der Waals surface area contributed by atoms with Gasteiger partial charge in [-0.3, -0.25) is 9.59 Å². The molecule has 6 heteroatoms. The molecule has 0 spiro atoms. The molecule has 1 N–H and O–H groups in total. The van der Waals surface area contributed by atoms with Crippen LogP contribution < -0.4 is 19.7 Å². The molecule has 2 aromatic carbocycles. The van der Waals surface area contributed by atoms with Crippen LogP contribution in [0.4, 0.5) is 5.69 Å². The minimum atomic E-state index is -0.351. The van der Waals surface area contributed by atoms with Gasteiger partial charge in [0.2, 0.25) is 11.8 Å². The van der Waals surface area contributed by atoms with Gasteiger partial charge in [-0.15, -0.1) is 0 Å². The Morgan fingerprint density at radius 3 is 2.63 bits per heavy atom. The number of hydrogen-bond acceptors (Lipinski definition) is 4. The number of benzene rings is 2. The maximum Gasteiger partial charge on any atom is 0.227 e. The van der Waals surface area contributed by atoms with Crippen molar-refractivity contribution >= 4 is 17.5 Å². The molecule has 2 aromatic rings. The highest BCUT2D eigenvalue weighted by Gasteiger charge is 2.35. The molecule has 1 atom stereocenters. The van der Waals surface area contributed by atoms with Crippen LogP contribution in [-0.4, -0.2) is 31.6 Å². The Morgan fingerprint density at radius 2 is 1.85 bits per heavy atom. The zero-order chi connectivity index (χ0) is 18.8. The number of nitrogens with one attached hydrogen (secondary N) is 1. The first-order chi connectivity index (χ1) is 13.1. The van der Waals surface area contributed by atoms with Crippen LogP contribution in [0.25, 0.3) is 0 Å². The lowest BCUT2D eigenvalue weighted by Gasteiger charge is -2.22. The zero-order valence-electron chi connectivity index (χ0n) is 15.2. The summed E-state index contributed by atoms with van der Waals surface area (Å²) in [5, 5.41) is 2.94. The van der Waals surface area contributed by atoms with Gasteiger partial charge in [0.15, 0.2) is 11.5 Å². The molecule has 0 radical (unpaired) electrons. The molecule has 140 valence electrons. The number of aryl methyl sites for hydroxylation is 1. The molecule has 27 heavy (non-hydrogen) atoms. The molecule has 2 aliphatic heterocycles. The number of nitrogens with zero attached hydrogens (tertiary/aromatic N) is 1. The van der Waals surface area contributed by atoms with E-state index in [1.54, 1.807) is 11.0 Å². The molecule has 0 unspecified atom stereocenters. The standard InChI is InChI=1S/C21H22N2O4/c1-14-2-4-15(5-3-14)12-22-21(25)16-10-20(24)23(13-16)17-6-7-18-19(11-17)27-9-8-26-18/h2-7,11,16H,8-10,12-13H2,1H3,(H,22,25)/t16-/m1/s1. The number of rotatable bonds is 4. The molecular formula is C21H22N2O4. The van der Waals surface area contributed by atoms with Crippen molar-refractivity contribution in [2.75, 3.05) is 24.7 Å². The van der Waals surface area contributed by atoms with E-state index in [0.29, 0.717) is 37.8 Å². The third-order valence-corrected chi connectivity index (χ3v) is 4.92. The molecule has 0 aromatic heterocycles. The Bertz CT molecular complexity index is 863. The maximum atomic E-state index is 12.5. The molecule has 0 aliphatic carbocycles. The van der Waals surface area contributed by atoms with E-state index in [1.807, 2.05) is 43.3 Å². The zero-order valence-corrected chi connectivity index (χ0v) is 15.2. The minimum Gasteiger partial charge on any atom is -0.486 e. The molecule has 2 amide bonds. The fourth-order valence-corrected chi connectivity index (χ4v) is 3.37. The lowest BCUT2D eigenvalue weighted by Crippen LogP contribution is -2.32. The average molecular weight is 366 g/mol. The van der Waals surface area contributed by atoms with E-state index in [4.69, 9.17) is 9.47 Å². The lowest BCUT2D eigenvalue weighted by molar-refractivity contribution is -0.126. The van der Waals surface area contributed by atoms with Gasteiger partial charge in [-0.1, -0.05) is 29.8 Å². The van der Waals surface area contributed by atoms with Crippen LogP contribution in [0.5, 0.6) is 11.5 Å². The smallest absolute Gasteiger partial charge is 0.227 e. The number of fused-ring (bicyclic) bond motifs is 1. The van der Waals surface area contributed by atoms with E-state index in [9.17, 15) is 9.59 Å². The predicted octanol–water partition coefficient (Wildman–Crippen LogP) is 2.44. The van der Waals surface area contributed by atoms with Crippen LogP contribution in [0.2, 0.25) is 0 Å². The van der Waals surface area contributed by atoms with Crippen molar-refractivity contribution in [3.63, 3.8) is 0 Å². The van der Waals surface area contributed by atoms with Crippen molar-refractivity contribution in [3.05, 3.63) is 53.6 Å². The number of ether oxygens (including phenoxy) is 2. The summed E-state index contributed by atoms with van der Waals surface area (Å²) >= 11 is 0. The fraction of sp³-hybridized carbons (Fsp3) is 0.333. The number of amides is 2. The van der Waals surface area contributed by atoms with Crippen molar-refractivity contribution < 1.29 is 19.1 Å². The summed E-state index contributed by atoms with van der Waals surface area (Å²) in [6.07, 6.45) is 0.216. The summed E-state index contributed by atoms with van der Waals surface area (Å²) in [6.45, 7) is 3.89. The second kappa shape index (κ2) is 7.31. The number of carbonyl (C=O) groups excluding carboxylic acids is 2. The van der Waals surface area contributed by atoms with Gasteiger partial charge in [-0.25, -0.2) is 0 Å². The van der Waals surface area contributed by atoms with E-state index in [-0.39, 0.29) is 24.2 Å². The van der Waals surface area contributed by atoms with Crippen LogP contribution in [0.1, 0.15) is 17.5 Å². The van der Waals surface area contributed by atoms with Crippen molar-refractivity contribution in [2.45, 2.75) is 19.9 Å². The van der Waals surface area contributed by atoms with Gasteiger partial charge < -0.3 is 19.7 Å². The third-order valence-electron chi connectivity index (χ3n) is 4.92. The number of anilines is 1. The van der Waals surface area contributed by atoms with E-state index in [0.717, 1.165) is 11.3 Å². The summed E-state index contributed by atoms with van der Waals surface area (Å²) in [4.78, 5) is 26.6. The molecular weight excluding hydrogens is 344 g/mol. The average Bonchev–Trinajstić information content (AvgIpc) is 3.09. The summed E-state index contributed by atoms with van der Waals surface area (Å²) in [5.41, 5.74) is 2.96. The molecule has 2 heterocycles. The minimum absolute atomic E-state index is 0.0536. The van der Waals surface area contributed by atoms with Gasteiger partial charge >= 0.3 is 0 Å². The summed E-state index contributed by atoms with van der Waals surface area (Å²) in [7, 11) is 0. The molecule has 0 bridgehead atoms. The summed E-state index contributed by atoms with van der Waals surface area (Å²) in [6, 6.07) is 13.5. The van der Waals surface area contributed by atoms with E-state index in [1.165, 1.54) is 5.56 Å². The van der Waals surface area contributed by atoms with Gasteiger partial charge in [0, 0.05) is 31.3 Å². The Morgan fingerprint density at radius 1 is 1.11 bits per heavy atom. The topological polar surface area (TPSA) is 67.9 Å². The van der Waals surface area contributed by atoms with Crippen LogP contribution in [0.15, 0.2) is 42.5 Å². The van der Waals surface area contributed by atoms with Crippen molar-refractivity contribution in [3.8, 4) is 11.5 Å². The van der Waals surface area contributed by atoms with Gasteiger partial charge in [-0.05, 0) is 24.6 Å². The second-order valence-electron chi connectivity index (χ2n) is 6.94. The first-order valence-corrected chi connectivity index (χ1v) is 9.13. The highest BCUT2D eigenvalue weighted by Crippen LogP contribution is 2.35. The molecule has 1 fully saturated rings. The van der Waals surface area contributed by atoms with E-state index >= 15 is 0 Å². The number of hydrogen-bond donors (Lipinski definition) is 1. The first kappa shape index (κ1) is 17.4. The van der Waals surface area contributed by atoms with Crippen LogP contribution in [-0.2, 0) is 16.1 Å². The van der Waals surface area contributed by atoms with Gasteiger partial charge in [-0.2, -0.15) is 0 Å². The summed E-state index contributed by atoms with van der Waals surface area (Å²) < 4.78 is 11.1. The van der Waals surface area contributed by atoms with Crippen LogP contribution in [0.3, 0.4) is 0 Å². The van der Waals surface area contributed by atoms with Crippen LogP contribution in [0, 0.1) is 12.8 Å². The normalized spacial score (nSPS) is 18.5. The van der Waals surface area contributed by atoms with Crippen LogP contribution >= 0.6 is 0 Å². The van der Waals surface area contributed by atoms with Crippen molar-refractivity contribution in [1.82, 2.24) is 5.32 Å². The van der Waals surface area contributed by atoms with E-state index < -0.39 is 0 Å². The van der Waals surface area contributed by atoms with Crippen molar-refractivity contribution in [1.29, 1.82) is 0 Å². The molecule has 6 nitrogen and oxygen atoms in total. The fourth-order valence-electron chi connectivity index (χ4n) is 3.37. The first-order valence-electron chi connectivity index (χ1n) is 9.13. The highest BCUT2D eigenvalue weighted by molar-refractivity contribution is 6.00. The number of carbonyl (C=O) groups is 2. The second-order valence-corrected chi connectivity index (χ2v) is 6.94. The maximum absolute atomic E-state index is 12.5. The Hall–Kier alpha value is -3.02. The molecule has 0 saturated carbocycles. The highest BCUT2D eigenvalue weighted by atomic mass is 16.6. The molecule has 4 rings (SSSR count). The SMILES string of the molecule is Cc1ccc(CNC(=O)[C@@H]2CC(=O)N(c3ccc4c(c3)OCCO4)C2)cc1. The largest absolute Gasteiger partial charge is 0.486 e. The summed E-state index contributed by atoms with van der Waals surface area (Å²) in [5.74, 6) is 0.824. The van der Waals surface area contributed by atoms with Crippen molar-refractivity contribution in [2.24, 2.45) is 5.92 Å². The Kier molecular flexibility index (Phi) is 4.71. The predicted molar refractivity (Wildman–Crippen MR) is 101 cm³/mol. The van der Waals surface area contributed by atoms with Gasteiger partial charge in [0.1, 0.15) is 13.2 Å². The molecule has 2 aliphatic rings.